The quantitative estimate of drug-likeness (QED) is 0.786. The number of hydrogen-bond acceptors (Lipinski definition) is 2. The van der Waals surface area contributed by atoms with Gasteiger partial charge in [0.25, 0.3) is 0 Å². The molecule has 1 unspecified atom stereocenters. The fraction of sp³-hybridized carbons (Fsp3) is 0.364. The van der Waals surface area contributed by atoms with Crippen LogP contribution in [0, 0.1) is 0 Å². The molecular formula is C11H13ClN2O. The fourth-order valence-corrected chi connectivity index (χ4v) is 1.80. The molecule has 0 aromatic heterocycles. The standard InChI is InChI=1S/C11H13ClN2O/c12-9-3-1-8(2-4-9)7-10-11(15)14-6-5-13-10/h1-4,10,13H,5-7H2,(H,14,15). The van der Waals surface area contributed by atoms with Crippen molar-refractivity contribution in [3.05, 3.63) is 34.9 Å². The maximum atomic E-state index is 11.5. The van der Waals surface area contributed by atoms with Gasteiger partial charge in [-0.2, -0.15) is 0 Å². The zero-order valence-corrected chi connectivity index (χ0v) is 9.05. The number of amides is 1. The molecule has 1 fully saturated rings. The van der Waals surface area contributed by atoms with E-state index in [1.165, 1.54) is 0 Å². The van der Waals surface area contributed by atoms with Crippen LogP contribution in [0.1, 0.15) is 5.56 Å². The van der Waals surface area contributed by atoms with Crippen molar-refractivity contribution in [2.45, 2.75) is 12.5 Å². The van der Waals surface area contributed by atoms with Crippen molar-refractivity contribution >= 4 is 17.5 Å². The largest absolute Gasteiger partial charge is 0.353 e. The zero-order valence-electron chi connectivity index (χ0n) is 8.29. The Hall–Kier alpha value is -1.06. The van der Waals surface area contributed by atoms with Crippen molar-refractivity contribution in [1.29, 1.82) is 0 Å². The van der Waals surface area contributed by atoms with Crippen LogP contribution in [0.25, 0.3) is 0 Å². The van der Waals surface area contributed by atoms with Crippen LogP contribution in [0.3, 0.4) is 0 Å². The van der Waals surface area contributed by atoms with Gasteiger partial charge in [-0.1, -0.05) is 23.7 Å². The second kappa shape index (κ2) is 4.64. The van der Waals surface area contributed by atoms with Crippen LogP contribution in [-0.2, 0) is 11.2 Å². The summed E-state index contributed by atoms with van der Waals surface area (Å²) in [6.45, 7) is 1.56. The Morgan fingerprint density at radius 1 is 1.27 bits per heavy atom. The van der Waals surface area contributed by atoms with Gasteiger partial charge in [0.2, 0.25) is 5.91 Å². The highest BCUT2D eigenvalue weighted by Crippen LogP contribution is 2.11. The molecule has 15 heavy (non-hydrogen) atoms. The van der Waals surface area contributed by atoms with Gasteiger partial charge in [0.05, 0.1) is 6.04 Å². The van der Waals surface area contributed by atoms with Gasteiger partial charge in [-0.05, 0) is 24.1 Å². The van der Waals surface area contributed by atoms with Crippen molar-refractivity contribution < 1.29 is 4.79 Å². The Morgan fingerprint density at radius 2 is 2.00 bits per heavy atom. The Morgan fingerprint density at radius 3 is 2.67 bits per heavy atom. The average molecular weight is 225 g/mol. The van der Waals surface area contributed by atoms with Gasteiger partial charge >= 0.3 is 0 Å². The molecule has 3 nitrogen and oxygen atoms in total. The van der Waals surface area contributed by atoms with E-state index in [1.54, 1.807) is 0 Å². The van der Waals surface area contributed by atoms with Crippen molar-refractivity contribution in [2.75, 3.05) is 13.1 Å². The van der Waals surface area contributed by atoms with E-state index in [1.807, 2.05) is 24.3 Å². The summed E-state index contributed by atoms with van der Waals surface area (Å²) in [6.07, 6.45) is 0.711. The summed E-state index contributed by atoms with van der Waals surface area (Å²) in [7, 11) is 0. The van der Waals surface area contributed by atoms with E-state index in [9.17, 15) is 4.79 Å². The van der Waals surface area contributed by atoms with Crippen LogP contribution in [0.4, 0.5) is 0 Å². The lowest BCUT2D eigenvalue weighted by atomic mass is 10.0. The summed E-state index contributed by atoms with van der Waals surface area (Å²) in [4.78, 5) is 11.5. The lowest BCUT2D eigenvalue weighted by Gasteiger charge is -2.23. The van der Waals surface area contributed by atoms with Gasteiger partial charge in [-0.25, -0.2) is 0 Å². The first-order valence-electron chi connectivity index (χ1n) is 5.01. The van der Waals surface area contributed by atoms with Crippen molar-refractivity contribution in [2.24, 2.45) is 0 Å². The first-order valence-corrected chi connectivity index (χ1v) is 5.39. The number of carbonyl (C=O) groups is 1. The van der Waals surface area contributed by atoms with Gasteiger partial charge in [0, 0.05) is 18.1 Å². The number of benzene rings is 1. The van der Waals surface area contributed by atoms with Gasteiger partial charge in [-0.3, -0.25) is 4.79 Å². The number of piperazine rings is 1. The van der Waals surface area contributed by atoms with Gasteiger partial charge < -0.3 is 10.6 Å². The third-order valence-electron chi connectivity index (χ3n) is 2.48. The van der Waals surface area contributed by atoms with E-state index in [0.29, 0.717) is 6.42 Å². The predicted octanol–water partition coefficient (Wildman–Crippen LogP) is 0.971. The molecule has 0 saturated carbocycles. The lowest BCUT2D eigenvalue weighted by Crippen LogP contribution is -2.53. The number of halogens is 1. The first-order chi connectivity index (χ1) is 7.25. The van der Waals surface area contributed by atoms with E-state index >= 15 is 0 Å². The third-order valence-corrected chi connectivity index (χ3v) is 2.74. The average Bonchev–Trinajstić information content (AvgIpc) is 2.25. The minimum atomic E-state index is -0.111. The molecule has 2 N–H and O–H groups in total. The molecular weight excluding hydrogens is 212 g/mol. The molecule has 0 aliphatic carbocycles. The molecule has 1 atom stereocenters. The second-order valence-corrected chi connectivity index (χ2v) is 4.06. The molecule has 0 radical (unpaired) electrons. The molecule has 80 valence electrons. The Kier molecular flexibility index (Phi) is 3.23. The van der Waals surface area contributed by atoms with E-state index in [2.05, 4.69) is 10.6 Å². The molecule has 1 aliphatic heterocycles. The Bertz CT molecular complexity index is 350. The maximum absolute atomic E-state index is 11.5. The number of hydrogen-bond donors (Lipinski definition) is 2. The van der Waals surface area contributed by atoms with E-state index < -0.39 is 0 Å². The highest BCUT2D eigenvalue weighted by Gasteiger charge is 2.21. The van der Waals surface area contributed by atoms with Crippen molar-refractivity contribution in [3.63, 3.8) is 0 Å². The van der Waals surface area contributed by atoms with Crippen LogP contribution in [0.5, 0.6) is 0 Å². The Balaban J connectivity index is 2.01. The fourth-order valence-electron chi connectivity index (χ4n) is 1.67. The van der Waals surface area contributed by atoms with Gasteiger partial charge in [0.1, 0.15) is 0 Å². The van der Waals surface area contributed by atoms with Gasteiger partial charge in [0.15, 0.2) is 0 Å². The van der Waals surface area contributed by atoms with E-state index in [4.69, 9.17) is 11.6 Å². The number of carbonyl (C=O) groups excluding carboxylic acids is 1. The molecule has 1 aromatic rings. The molecule has 1 heterocycles. The monoisotopic (exact) mass is 224 g/mol. The molecule has 4 heteroatoms. The molecule has 0 spiro atoms. The summed E-state index contributed by atoms with van der Waals surface area (Å²) in [5.74, 6) is 0.0798. The number of nitrogens with one attached hydrogen (secondary N) is 2. The molecule has 1 saturated heterocycles. The van der Waals surface area contributed by atoms with Gasteiger partial charge in [-0.15, -0.1) is 0 Å². The highest BCUT2D eigenvalue weighted by atomic mass is 35.5. The SMILES string of the molecule is O=C1NCCNC1Cc1ccc(Cl)cc1. The smallest absolute Gasteiger partial charge is 0.237 e. The predicted molar refractivity (Wildman–Crippen MR) is 60.0 cm³/mol. The normalized spacial score (nSPS) is 21.1. The first kappa shape index (κ1) is 10.5. The Labute approximate surface area is 93.8 Å². The third kappa shape index (κ3) is 2.70. The van der Waals surface area contributed by atoms with E-state index in [0.717, 1.165) is 23.7 Å². The van der Waals surface area contributed by atoms with Crippen LogP contribution in [0.2, 0.25) is 5.02 Å². The minimum Gasteiger partial charge on any atom is -0.353 e. The van der Waals surface area contributed by atoms with Crippen molar-refractivity contribution in [3.8, 4) is 0 Å². The summed E-state index contributed by atoms with van der Waals surface area (Å²) in [6, 6.07) is 7.48. The molecule has 0 bridgehead atoms. The molecule has 1 aliphatic rings. The molecule has 1 aromatic carbocycles. The topological polar surface area (TPSA) is 41.1 Å². The van der Waals surface area contributed by atoms with E-state index in [-0.39, 0.29) is 11.9 Å². The molecule has 1 amide bonds. The second-order valence-electron chi connectivity index (χ2n) is 3.63. The summed E-state index contributed by atoms with van der Waals surface area (Å²) >= 11 is 5.79. The summed E-state index contributed by atoms with van der Waals surface area (Å²) in [5.41, 5.74) is 1.12. The number of rotatable bonds is 2. The van der Waals surface area contributed by atoms with Crippen LogP contribution >= 0.6 is 11.6 Å². The van der Waals surface area contributed by atoms with Crippen LogP contribution in [0.15, 0.2) is 24.3 Å². The summed E-state index contributed by atoms with van der Waals surface area (Å²) in [5, 5.41) is 6.75. The molecule has 2 rings (SSSR count). The van der Waals surface area contributed by atoms with Crippen LogP contribution < -0.4 is 10.6 Å². The lowest BCUT2D eigenvalue weighted by molar-refractivity contribution is -0.124. The minimum absolute atomic E-state index is 0.0798. The maximum Gasteiger partial charge on any atom is 0.237 e. The van der Waals surface area contributed by atoms with Crippen LogP contribution in [-0.4, -0.2) is 25.0 Å². The van der Waals surface area contributed by atoms with Crippen molar-refractivity contribution in [1.82, 2.24) is 10.6 Å². The zero-order chi connectivity index (χ0) is 10.7. The summed E-state index contributed by atoms with van der Waals surface area (Å²) < 4.78 is 0. The highest BCUT2D eigenvalue weighted by molar-refractivity contribution is 6.30.